The number of rotatable bonds is 9. The van der Waals surface area contributed by atoms with Crippen molar-refractivity contribution in [3.05, 3.63) is 0 Å². The van der Waals surface area contributed by atoms with Crippen molar-refractivity contribution in [3.63, 3.8) is 0 Å². The molecule has 0 saturated carbocycles. The van der Waals surface area contributed by atoms with Gasteiger partial charge in [0.15, 0.2) is 0 Å². The molecule has 6 nitrogen and oxygen atoms in total. The largest absolute Gasteiger partial charge is 0.469 e. The molecule has 21 heavy (non-hydrogen) atoms. The van der Waals surface area contributed by atoms with Gasteiger partial charge in [-0.25, -0.2) is 0 Å². The number of carbonyl (C=O) groups excluding carboxylic acids is 3. The smallest absolute Gasteiger partial charge is 0.308 e. The van der Waals surface area contributed by atoms with E-state index in [-0.39, 0.29) is 13.0 Å². The molecule has 0 aliphatic rings. The lowest BCUT2D eigenvalue weighted by Gasteiger charge is -2.26. The summed E-state index contributed by atoms with van der Waals surface area (Å²) in [5.74, 6) is -3.01. The number of methoxy groups -OCH3 is 1. The summed E-state index contributed by atoms with van der Waals surface area (Å²) in [7, 11) is 1.28. The van der Waals surface area contributed by atoms with E-state index in [4.69, 9.17) is 14.2 Å². The highest BCUT2D eigenvalue weighted by Gasteiger charge is 2.36. The van der Waals surface area contributed by atoms with Crippen molar-refractivity contribution in [2.45, 2.75) is 40.5 Å². The maximum absolute atomic E-state index is 11.9. The van der Waals surface area contributed by atoms with Gasteiger partial charge >= 0.3 is 17.9 Å². The van der Waals surface area contributed by atoms with Gasteiger partial charge in [-0.05, 0) is 19.3 Å². The average Bonchev–Trinajstić information content (AvgIpc) is 2.48. The van der Waals surface area contributed by atoms with Gasteiger partial charge < -0.3 is 14.2 Å². The Hall–Kier alpha value is -1.59. The third kappa shape index (κ3) is 6.60. The van der Waals surface area contributed by atoms with Crippen molar-refractivity contribution < 1.29 is 28.6 Å². The van der Waals surface area contributed by atoms with Crippen LogP contribution in [0.2, 0.25) is 0 Å². The van der Waals surface area contributed by atoms with Crippen LogP contribution in [0.25, 0.3) is 0 Å². The van der Waals surface area contributed by atoms with Crippen molar-refractivity contribution >= 4 is 17.9 Å². The Morgan fingerprint density at radius 2 is 1.52 bits per heavy atom. The van der Waals surface area contributed by atoms with E-state index >= 15 is 0 Å². The normalized spacial score (nSPS) is 14.7. The maximum Gasteiger partial charge on any atom is 0.308 e. The number of carbonyl (C=O) groups is 3. The summed E-state index contributed by atoms with van der Waals surface area (Å²) < 4.78 is 14.7. The molecule has 0 aromatic carbocycles. The molecule has 0 N–H and O–H groups in total. The van der Waals surface area contributed by atoms with Gasteiger partial charge in [0.05, 0.1) is 32.2 Å². The quantitative estimate of drug-likeness (QED) is 0.478. The molecule has 0 saturated heterocycles. The van der Waals surface area contributed by atoms with Gasteiger partial charge in [-0.3, -0.25) is 14.4 Å². The van der Waals surface area contributed by atoms with Gasteiger partial charge in [0, 0.05) is 6.42 Å². The molecule has 0 radical (unpaired) electrons. The topological polar surface area (TPSA) is 78.9 Å². The van der Waals surface area contributed by atoms with E-state index < -0.39 is 35.7 Å². The molecule has 0 heterocycles. The Kier molecular flexibility index (Phi) is 9.41. The van der Waals surface area contributed by atoms with Gasteiger partial charge in [-0.2, -0.15) is 0 Å². The number of hydrogen-bond donors (Lipinski definition) is 0. The van der Waals surface area contributed by atoms with Crippen molar-refractivity contribution in [1.82, 2.24) is 0 Å². The number of ether oxygens (including phenoxy) is 3. The van der Waals surface area contributed by atoms with Crippen molar-refractivity contribution in [3.8, 4) is 0 Å². The summed E-state index contributed by atoms with van der Waals surface area (Å²) in [5, 5.41) is 0. The highest BCUT2D eigenvalue weighted by Crippen LogP contribution is 2.27. The van der Waals surface area contributed by atoms with Crippen LogP contribution in [0.1, 0.15) is 40.5 Å². The molecule has 0 aromatic heterocycles. The van der Waals surface area contributed by atoms with Gasteiger partial charge in [0.2, 0.25) is 0 Å². The molecule has 0 fully saturated rings. The van der Waals surface area contributed by atoms with Crippen molar-refractivity contribution in [1.29, 1.82) is 0 Å². The predicted molar refractivity (Wildman–Crippen MR) is 76.3 cm³/mol. The van der Waals surface area contributed by atoms with Crippen LogP contribution >= 0.6 is 0 Å². The second-order valence-electron chi connectivity index (χ2n) is 4.94. The lowest BCUT2D eigenvalue weighted by Crippen LogP contribution is -2.34. The summed E-state index contributed by atoms with van der Waals surface area (Å²) >= 11 is 0. The molecule has 0 bridgehead atoms. The van der Waals surface area contributed by atoms with Gasteiger partial charge in [-0.1, -0.05) is 20.8 Å². The highest BCUT2D eigenvalue weighted by molar-refractivity contribution is 5.78. The van der Waals surface area contributed by atoms with Crippen molar-refractivity contribution in [2.24, 2.45) is 17.8 Å². The number of hydrogen-bond acceptors (Lipinski definition) is 6. The van der Waals surface area contributed by atoms with E-state index in [2.05, 4.69) is 0 Å². The number of esters is 3. The van der Waals surface area contributed by atoms with Crippen LogP contribution in [0, 0.1) is 17.8 Å². The van der Waals surface area contributed by atoms with Crippen LogP contribution in [0.3, 0.4) is 0 Å². The minimum absolute atomic E-state index is 0.0176. The van der Waals surface area contributed by atoms with E-state index in [1.807, 2.05) is 6.92 Å². The molecule has 0 aromatic rings. The molecule has 6 heteroatoms. The van der Waals surface area contributed by atoms with Crippen molar-refractivity contribution in [2.75, 3.05) is 20.3 Å². The maximum atomic E-state index is 11.9. The monoisotopic (exact) mass is 302 g/mol. The molecule has 122 valence electrons. The van der Waals surface area contributed by atoms with Crippen LogP contribution < -0.4 is 0 Å². The van der Waals surface area contributed by atoms with E-state index in [1.165, 1.54) is 7.11 Å². The first-order valence-electron chi connectivity index (χ1n) is 7.29. The first-order chi connectivity index (χ1) is 9.88. The molecule has 3 unspecified atom stereocenters. The zero-order valence-electron chi connectivity index (χ0n) is 13.5. The molecular weight excluding hydrogens is 276 g/mol. The van der Waals surface area contributed by atoms with Gasteiger partial charge in [-0.15, -0.1) is 0 Å². The molecular formula is C15H26O6. The van der Waals surface area contributed by atoms with Gasteiger partial charge in [0.25, 0.3) is 0 Å². The van der Waals surface area contributed by atoms with Gasteiger partial charge in [0.1, 0.15) is 0 Å². The summed E-state index contributed by atoms with van der Waals surface area (Å²) in [6, 6.07) is 0. The standard InChI is InChI=1S/C15H26O6/c1-6-8-21-13(16)9-12(10(3)14(17)19-5)11(4)15(18)20-7-2/h10-12H,6-9H2,1-5H3. The van der Waals surface area contributed by atoms with E-state index in [9.17, 15) is 14.4 Å². The summed E-state index contributed by atoms with van der Waals surface area (Å²) in [6.07, 6.45) is 0.701. The fraction of sp³-hybridized carbons (Fsp3) is 0.800. The van der Waals surface area contributed by atoms with E-state index in [1.54, 1.807) is 20.8 Å². The van der Waals surface area contributed by atoms with Crippen LogP contribution in [-0.2, 0) is 28.6 Å². The Bertz CT molecular complexity index is 352. The molecule has 0 amide bonds. The molecule has 0 aliphatic heterocycles. The predicted octanol–water partition coefficient (Wildman–Crippen LogP) is 1.95. The fourth-order valence-electron chi connectivity index (χ4n) is 2.06. The molecule has 0 rings (SSSR count). The Morgan fingerprint density at radius 1 is 0.952 bits per heavy atom. The Labute approximate surface area is 126 Å². The zero-order chi connectivity index (χ0) is 16.4. The fourth-order valence-corrected chi connectivity index (χ4v) is 2.06. The van der Waals surface area contributed by atoms with E-state index in [0.29, 0.717) is 6.61 Å². The highest BCUT2D eigenvalue weighted by atomic mass is 16.5. The zero-order valence-corrected chi connectivity index (χ0v) is 13.5. The lowest BCUT2D eigenvalue weighted by atomic mass is 9.81. The van der Waals surface area contributed by atoms with Crippen LogP contribution in [0.4, 0.5) is 0 Å². The van der Waals surface area contributed by atoms with Crippen LogP contribution in [0.15, 0.2) is 0 Å². The van der Waals surface area contributed by atoms with Crippen LogP contribution in [0.5, 0.6) is 0 Å². The summed E-state index contributed by atoms with van der Waals surface area (Å²) in [4.78, 5) is 35.4. The minimum Gasteiger partial charge on any atom is -0.469 e. The van der Waals surface area contributed by atoms with Crippen LogP contribution in [-0.4, -0.2) is 38.2 Å². The first kappa shape index (κ1) is 19.4. The summed E-state index contributed by atoms with van der Waals surface area (Å²) in [5.41, 5.74) is 0. The Balaban J connectivity index is 4.95. The van der Waals surface area contributed by atoms with E-state index in [0.717, 1.165) is 6.42 Å². The Morgan fingerprint density at radius 3 is 2.00 bits per heavy atom. The second kappa shape index (κ2) is 10.2. The molecule has 3 atom stereocenters. The average molecular weight is 302 g/mol. The lowest BCUT2D eigenvalue weighted by molar-refractivity contribution is -0.156. The molecule has 0 aliphatic carbocycles. The summed E-state index contributed by atoms with van der Waals surface area (Å²) in [6.45, 7) is 7.46. The third-order valence-electron chi connectivity index (χ3n) is 3.39. The SMILES string of the molecule is CCCOC(=O)CC(C(C)C(=O)OC)C(C)C(=O)OCC. The first-order valence-corrected chi connectivity index (χ1v) is 7.29. The third-order valence-corrected chi connectivity index (χ3v) is 3.39. The molecule has 0 spiro atoms. The minimum atomic E-state index is -0.594. The second-order valence-corrected chi connectivity index (χ2v) is 4.94.